The molecule has 0 saturated carbocycles. The predicted molar refractivity (Wildman–Crippen MR) is 474 cm³/mol. The number of thiophene rings is 1. The molecule has 0 saturated heterocycles. The van der Waals surface area contributed by atoms with Crippen LogP contribution in [0.15, 0.2) is 266 Å². The highest BCUT2D eigenvalue weighted by Crippen LogP contribution is 2.36. The lowest BCUT2D eigenvalue weighted by Crippen LogP contribution is -2.16. The van der Waals surface area contributed by atoms with E-state index in [-0.39, 0.29) is 57.4 Å². The number of aromatic nitrogens is 18. The number of alkyl halides is 6. The molecule has 6 aromatic carbocycles. The molecule has 12 heterocycles. The van der Waals surface area contributed by atoms with Crippen LogP contribution in [0, 0.1) is 58.2 Å². The Bertz CT molecular complexity index is 7280. The average molecular weight is 1930 g/mol. The van der Waals surface area contributed by atoms with Crippen LogP contribution in [0.2, 0.25) is 0 Å². The Hall–Kier alpha value is -17.9. The number of halogens is 16. The number of hydrogen-bond acceptors (Lipinski definition) is 20. The van der Waals surface area contributed by atoms with E-state index in [1.54, 1.807) is 90.6 Å². The third kappa shape index (κ3) is 23.3. The number of nitrogens with one attached hydrogen (secondary N) is 5. The fourth-order valence-corrected chi connectivity index (χ4v) is 13.7. The van der Waals surface area contributed by atoms with Gasteiger partial charge in [-0.2, -0.15) is 51.8 Å². The predicted octanol–water partition coefficient (Wildman–Crippen LogP) is 19.9. The summed E-state index contributed by atoms with van der Waals surface area (Å²) in [6.07, 6.45) is 0.488. The molecule has 0 aliphatic rings. The first kappa shape index (κ1) is 97.2. The van der Waals surface area contributed by atoms with Gasteiger partial charge in [-0.15, -0.1) is 11.3 Å². The molecular formula is C93H63F16N23O6S. The van der Waals surface area contributed by atoms with Crippen LogP contribution in [-0.2, 0) is 47.6 Å². The number of anilines is 5. The van der Waals surface area contributed by atoms with Gasteiger partial charge in [-0.1, -0.05) is 66.7 Å². The number of rotatable bonds is 18. The van der Waals surface area contributed by atoms with Crippen LogP contribution in [0.5, 0.6) is 0 Å². The standard InChI is InChI=1S/C21H14F3N5O.C19H13F2N5O2.C19H13F2N5OS.C17H11F5N4O.C17H12F4N4O/c1-29-18(9-16(28-29)12-5-2-3-6-13(12)22)17-10-26-19(11-25-17)27-21(30)20-14(23)7-4-8-15(20)24;2*1-26-15(8-13(25-26)16-6-3-7-28-16)14-9-23-17(10-22-14)24-19(27)18-11(20)4-2-5-12(18)21;1-26-12(8-13(25-26)17(20,21)22)11-6-3-7-14(23-11)24-16(27)15-9(18)4-2-5-10(15)19;1-25-13(9-14(24-25)17(19,20)21)12-7-4-8-15(22-12)23-16(26)10-5-2-3-6-11(10)18/h2-11H,1H3,(H,26,27,30);2*2-10H,1H3,(H,23,24,27);2-8H,1H3,(H,23,24,27);2-9H,1H3,(H,22,23,26). The summed E-state index contributed by atoms with van der Waals surface area (Å²) in [5.41, 5.74) is 1.01. The lowest BCUT2D eigenvalue weighted by atomic mass is 10.1. The van der Waals surface area contributed by atoms with E-state index in [0.717, 1.165) is 98.4 Å². The third-order valence-electron chi connectivity index (χ3n) is 19.5. The third-order valence-corrected chi connectivity index (χ3v) is 20.4. The van der Waals surface area contributed by atoms with Gasteiger partial charge >= 0.3 is 12.4 Å². The molecule has 704 valence electrons. The SMILES string of the molecule is Cn1nc(-c2ccccc2F)cc1-c1cnc(NC(=O)c2c(F)cccc2F)cn1.Cn1nc(-c2ccco2)cc1-c1cnc(NC(=O)c2c(F)cccc2F)cn1.Cn1nc(-c2cccs2)cc1-c1cnc(NC(=O)c2c(F)cccc2F)cn1.Cn1nc(C(F)(F)F)cc1-c1cccc(NC(=O)c2c(F)cccc2F)n1.Cn1nc(C(F)(F)F)cc1-c1cccc(NC(=O)c2ccccc2F)n1. The Labute approximate surface area is 776 Å². The number of carbonyl (C=O) groups is 5. The van der Waals surface area contributed by atoms with Gasteiger partial charge in [-0.3, -0.25) is 47.4 Å². The zero-order chi connectivity index (χ0) is 99.3. The summed E-state index contributed by atoms with van der Waals surface area (Å²) < 4.78 is 226. The van der Waals surface area contributed by atoms with Crippen molar-refractivity contribution in [3.05, 3.63) is 359 Å². The molecule has 0 fully saturated rings. The molecule has 139 heavy (non-hydrogen) atoms. The summed E-state index contributed by atoms with van der Waals surface area (Å²) in [6.45, 7) is 0. The normalized spacial score (nSPS) is 11.1. The van der Waals surface area contributed by atoms with Crippen molar-refractivity contribution >= 4 is 70.0 Å². The van der Waals surface area contributed by atoms with Crippen molar-refractivity contribution in [3.8, 4) is 90.2 Å². The monoisotopic (exact) mass is 1930 g/mol. The number of aryl methyl sites for hydroxylation is 5. The first-order valence-corrected chi connectivity index (χ1v) is 41.0. The zero-order valence-corrected chi connectivity index (χ0v) is 72.6. The molecule has 0 radical (unpaired) electrons. The fraction of sp³-hybridized carbons (Fsp3) is 0.0753. The van der Waals surface area contributed by atoms with Crippen molar-refractivity contribution in [3.63, 3.8) is 0 Å². The molecule has 12 aromatic heterocycles. The first-order chi connectivity index (χ1) is 66.4. The fourth-order valence-electron chi connectivity index (χ4n) is 13.0. The zero-order valence-electron chi connectivity index (χ0n) is 71.8. The molecular weight excluding hydrogens is 1870 g/mol. The van der Waals surface area contributed by atoms with Crippen molar-refractivity contribution in [1.82, 2.24) is 88.8 Å². The van der Waals surface area contributed by atoms with E-state index in [4.69, 9.17) is 4.42 Å². The minimum atomic E-state index is -4.62. The summed E-state index contributed by atoms with van der Waals surface area (Å²) in [6, 6.07) is 47.3. The van der Waals surface area contributed by atoms with Crippen LogP contribution in [0.3, 0.4) is 0 Å². The van der Waals surface area contributed by atoms with Gasteiger partial charge in [-0.05, 0) is 151 Å². The molecule has 46 heteroatoms. The second-order valence-corrected chi connectivity index (χ2v) is 29.9. The van der Waals surface area contributed by atoms with Crippen LogP contribution in [0.1, 0.15) is 63.2 Å². The Kier molecular flexibility index (Phi) is 29.5. The molecule has 0 aliphatic heterocycles. The van der Waals surface area contributed by atoms with E-state index in [0.29, 0.717) is 51.2 Å². The summed E-state index contributed by atoms with van der Waals surface area (Å²) in [5.74, 6) is -12.8. The van der Waals surface area contributed by atoms with Gasteiger partial charge in [0.15, 0.2) is 34.6 Å². The number of pyridine rings is 2. The summed E-state index contributed by atoms with van der Waals surface area (Å²) in [7, 11) is 7.89. The van der Waals surface area contributed by atoms with Crippen molar-refractivity contribution in [2.24, 2.45) is 35.2 Å². The minimum absolute atomic E-state index is 0.0166. The van der Waals surface area contributed by atoms with Gasteiger partial charge in [0.25, 0.3) is 29.5 Å². The molecule has 0 spiro atoms. The van der Waals surface area contributed by atoms with Crippen LogP contribution in [0.25, 0.3) is 90.2 Å². The van der Waals surface area contributed by atoms with E-state index in [1.165, 1.54) is 135 Å². The molecule has 18 aromatic rings. The molecule has 29 nitrogen and oxygen atoms in total. The van der Waals surface area contributed by atoms with Crippen molar-refractivity contribution in [2.75, 3.05) is 26.6 Å². The van der Waals surface area contributed by atoms with Crippen molar-refractivity contribution in [2.45, 2.75) is 12.4 Å². The second-order valence-electron chi connectivity index (χ2n) is 28.9. The Morgan fingerprint density at radius 3 is 0.978 bits per heavy atom. The Morgan fingerprint density at radius 2 is 0.626 bits per heavy atom. The van der Waals surface area contributed by atoms with Gasteiger partial charge in [0, 0.05) is 40.8 Å². The van der Waals surface area contributed by atoms with Crippen molar-refractivity contribution < 1.29 is 98.6 Å². The number of amides is 5. The van der Waals surface area contributed by atoms with E-state index in [1.807, 2.05) is 23.6 Å². The maximum atomic E-state index is 14.0. The van der Waals surface area contributed by atoms with Gasteiger partial charge in [0.2, 0.25) is 0 Å². The van der Waals surface area contributed by atoms with Crippen LogP contribution < -0.4 is 26.6 Å². The molecule has 5 amide bonds. The number of benzene rings is 6. The van der Waals surface area contributed by atoms with E-state index in [9.17, 15) is 94.2 Å². The van der Waals surface area contributed by atoms with Crippen LogP contribution >= 0.6 is 11.3 Å². The van der Waals surface area contributed by atoms with Gasteiger partial charge in [0.1, 0.15) is 121 Å². The second kappa shape index (κ2) is 42.1. The number of furan rings is 1. The Morgan fingerprint density at radius 1 is 0.295 bits per heavy atom. The summed E-state index contributed by atoms with van der Waals surface area (Å²) in [5, 5.41) is 33.5. The smallest absolute Gasteiger partial charge is 0.435 e. The van der Waals surface area contributed by atoms with Gasteiger partial charge in [-0.25, -0.2) is 83.8 Å². The van der Waals surface area contributed by atoms with E-state index in [2.05, 4.69) is 91.9 Å². The quantitative estimate of drug-likeness (QED) is 0.0498. The minimum Gasteiger partial charge on any atom is -0.463 e. The molecule has 5 N–H and O–H groups in total. The highest BCUT2D eigenvalue weighted by molar-refractivity contribution is 7.13. The van der Waals surface area contributed by atoms with Gasteiger partial charge < -0.3 is 31.0 Å². The number of nitrogens with zero attached hydrogens (tertiary/aromatic N) is 18. The number of hydrogen-bond donors (Lipinski definition) is 5. The summed E-state index contributed by atoms with van der Waals surface area (Å²) >= 11 is 1.58. The number of carbonyl (C=O) groups excluding carboxylic acids is 5. The van der Waals surface area contributed by atoms with Crippen LogP contribution in [-0.4, -0.2) is 118 Å². The first-order valence-electron chi connectivity index (χ1n) is 40.1. The van der Waals surface area contributed by atoms with Gasteiger partial charge in [0.05, 0.1) is 99.4 Å². The molecule has 0 bridgehead atoms. The molecule has 0 aliphatic carbocycles. The molecule has 0 atom stereocenters. The summed E-state index contributed by atoms with van der Waals surface area (Å²) in [4.78, 5) is 94.8. The average Bonchev–Trinajstić information content (AvgIpc) is 1.62. The lowest BCUT2D eigenvalue weighted by molar-refractivity contribution is -0.142. The molecule has 0 unspecified atom stereocenters. The topological polar surface area (TPSA) is 351 Å². The highest BCUT2D eigenvalue weighted by Gasteiger charge is 2.37. The van der Waals surface area contributed by atoms with Crippen LogP contribution in [0.4, 0.5) is 99.3 Å². The lowest BCUT2D eigenvalue weighted by Gasteiger charge is -2.08. The largest absolute Gasteiger partial charge is 0.463 e. The Balaban J connectivity index is 0.000000139. The van der Waals surface area contributed by atoms with Crippen molar-refractivity contribution in [1.29, 1.82) is 0 Å². The van der Waals surface area contributed by atoms with E-state index >= 15 is 0 Å². The van der Waals surface area contributed by atoms with E-state index < -0.39 is 134 Å². The maximum Gasteiger partial charge on any atom is 0.435 e. The maximum absolute atomic E-state index is 14.0. The molecule has 18 rings (SSSR count). The highest BCUT2D eigenvalue weighted by atomic mass is 32.1.